The van der Waals surface area contributed by atoms with Crippen molar-refractivity contribution in [1.29, 1.82) is 0 Å². The third-order valence-electron chi connectivity index (χ3n) is 4.08. The first kappa shape index (κ1) is 22.8. The number of halogens is 3. The zero-order chi connectivity index (χ0) is 22.5. The SMILES string of the molecule is COC(=O)C(O)(c1cc(OC)c(NC(=O)Nc2ccccc2)cc1OC)C(F)(F)F. The van der Waals surface area contributed by atoms with E-state index >= 15 is 0 Å². The van der Waals surface area contributed by atoms with Gasteiger partial charge in [-0.15, -0.1) is 0 Å². The van der Waals surface area contributed by atoms with Crippen LogP contribution in [-0.2, 0) is 15.1 Å². The van der Waals surface area contributed by atoms with Crippen LogP contribution in [-0.4, -0.2) is 44.6 Å². The molecule has 2 aromatic rings. The third-order valence-corrected chi connectivity index (χ3v) is 4.08. The van der Waals surface area contributed by atoms with Crippen LogP contribution in [0, 0.1) is 0 Å². The molecule has 8 nitrogen and oxygen atoms in total. The summed E-state index contributed by atoms with van der Waals surface area (Å²) in [5.41, 5.74) is -4.59. The Morgan fingerprint density at radius 1 is 0.933 bits per heavy atom. The van der Waals surface area contributed by atoms with Crippen molar-refractivity contribution < 1.29 is 42.1 Å². The maximum atomic E-state index is 13.6. The molecule has 0 saturated carbocycles. The smallest absolute Gasteiger partial charge is 0.432 e. The fourth-order valence-corrected chi connectivity index (χ4v) is 2.61. The van der Waals surface area contributed by atoms with Gasteiger partial charge in [0, 0.05) is 11.8 Å². The molecule has 0 aliphatic rings. The summed E-state index contributed by atoms with van der Waals surface area (Å²) >= 11 is 0. The Morgan fingerprint density at radius 3 is 2.03 bits per heavy atom. The van der Waals surface area contributed by atoms with Crippen molar-refractivity contribution in [2.75, 3.05) is 32.0 Å². The van der Waals surface area contributed by atoms with E-state index in [2.05, 4.69) is 15.4 Å². The molecule has 2 amide bonds. The number of benzene rings is 2. The molecule has 162 valence electrons. The van der Waals surface area contributed by atoms with Gasteiger partial charge in [0.25, 0.3) is 5.60 Å². The number of amides is 2. The first-order valence-electron chi connectivity index (χ1n) is 8.35. The van der Waals surface area contributed by atoms with Crippen LogP contribution in [0.5, 0.6) is 11.5 Å². The molecule has 0 aliphatic heterocycles. The zero-order valence-corrected chi connectivity index (χ0v) is 16.2. The molecule has 0 fully saturated rings. The number of alkyl halides is 3. The van der Waals surface area contributed by atoms with E-state index in [0.29, 0.717) is 12.8 Å². The minimum atomic E-state index is -5.43. The molecule has 1 atom stereocenters. The van der Waals surface area contributed by atoms with Crippen LogP contribution in [0.2, 0.25) is 0 Å². The number of esters is 1. The summed E-state index contributed by atoms with van der Waals surface area (Å²) in [5.74, 6) is -2.76. The predicted octanol–water partition coefficient (Wildman–Crippen LogP) is 3.27. The first-order chi connectivity index (χ1) is 14.1. The van der Waals surface area contributed by atoms with Crippen LogP contribution in [0.25, 0.3) is 0 Å². The molecule has 0 radical (unpaired) electrons. The maximum Gasteiger partial charge on any atom is 0.432 e. The highest BCUT2D eigenvalue weighted by Gasteiger charge is 2.63. The van der Waals surface area contributed by atoms with Gasteiger partial charge in [-0.2, -0.15) is 13.2 Å². The summed E-state index contributed by atoms with van der Waals surface area (Å²) in [6.45, 7) is 0. The van der Waals surface area contributed by atoms with Crippen LogP contribution in [0.3, 0.4) is 0 Å². The summed E-state index contributed by atoms with van der Waals surface area (Å²) in [4.78, 5) is 24.1. The van der Waals surface area contributed by atoms with E-state index in [0.717, 1.165) is 26.4 Å². The Labute approximate surface area is 169 Å². The van der Waals surface area contributed by atoms with Gasteiger partial charge in [-0.05, 0) is 18.2 Å². The Hall–Kier alpha value is -3.47. The topological polar surface area (TPSA) is 106 Å². The van der Waals surface area contributed by atoms with E-state index < -0.39 is 35.1 Å². The second-order valence-electron chi connectivity index (χ2n) is 5.90. The van der Waals surface area contributed by atoms with Crippen molar-refractivity contribution in [2.45, 2.75) is 11.8 Å². The number of hydrogen-bond donors (Lipinski definition) is 3. The van der Waals surface area contributed by atoms with Crippen LogP contribution in [0.1, 0.15) is 5.56 Å². The van der Waals surface area contributed by atoms with Gasteiger partial charge in [0.2, 0.25) is 0 Å². The summed E-state index contributed by atoms with van der Waals surface area (Å²) < 4.78 is 54.9. The predicted molar refractivity (Wildman–Crippen MR) is 101 cm³/mol. The number of methoxy groups -OCH3 is 3. The molecule has 2 rings (SSSR count). The van der Waals surface area contributed by atoms with Crippen molar-refractivity contribution >= 4 is 23.4 Å². The number of anilines is 2. The minimum Gasteiger partial charge on any atom is -0.496 e. The van der Waals surface area contributed by atoms with Gasteiger partial charge in [0.15, 0.2) is 0 Å². The van der Waals surface area contributed by atoms with Gasteiger partial charge >= 0.3 is 18.2 Å². The second-order valence-corrected chi connectivity index (χ2v) is 5.90. The van der Waals surface area contributed by atoms with E-state index in [9.17, 15) is 27.9 Å². The summed E-state index contributed by atoms with van der Waals surface area (Å²) in [7, 11) is 2.87. The molecule has 1 unspecified atom stereocenters. The normalized spacial score (nSPS) is 13.0. The van der Waals surface area contributed by atoms with Crippen molar-refractivity contribution in [2.24, 2.45) is 0 Å². The quantitative estimate of drug-likeness (QED) is 0.610. The number of nitrogens with one attached hydrogen (secondary N) is 2. The molecule has 30 heavy (non-hydrogen) atoms. The van der Waals surface area contributed by atoms with Crippen molar-refractivity contribution in [3.63, 3.8) is 0 Å². The number of urea groups is 1. The number of hydrogen-bond acceptors (Lipinski definition) is 6. The minimum absolute atomic E-state index is 0.0686. The molecule has 11 heteroatoms. The van der Waals surface area contributed by atoms with E-state index in [4.69, 9.17) is 9.47 Å². The highest BCUT2D eigenvalue weighted by molar-refractivity contribution is 6.01. The molecular weight excluding hydrogens is 409 g/mol. The third kappa shape index (κ3) is 4.40. The van der Waals surface area contributed by atoms with Crippen LogP contribution in [0.15, 0.2) is 42.5 Å². The van der Waals surface area contributed by atoms with Gasteiger partial charge in [0.1, 0.15) is 11.5 Å². The molecule has 0 aliphatic carbocycles. The highest BCUT2D eigenvalue weighted by atomic mass is 19.4. The summed E-state index contributed by atoms with van der Waals surface area (Å²) in [6, 6.07) is 9.39. The number of carbonyl (C=O) groups excluding carboxylic acids is 2. The number of para-hydroxylation sites is 1. The molecular formula is C19H19F3N2O6. The van der Waals surface area contributed by atoms with Crippen LogP contribution >= 0.6 is 0 Å². The molecule has 0 spiro atoms. The average molecular weight is 428 g/mol. The lowest BCUT2D eigenvalue weighted by molar-refractivity contribution is -0.267. The van der Waals surface area contributed by atoms with Gasteiger partial charge in [0.05, 0.1) is 32.6 Å². The monoisotopic (exact) mass is 428 g/mol. The van der Waals surface area contributed by atoms with Gasteiger partial charge in [-0.1, -0.05) is 18.2 Å². The Morgan fingerprint density at radius 2 is 1.53 bits per heavy atom. The van der Waals surface area contributed by atoms with E-state index in [1.54, 1.807) is 30.3 Å². The molecule has 0 saturated heterocycles. The van der Waals surface area contributed by atoms with Gasteiger partial charge in [-0.25, -0.2) is 9.59 Å². The molecule has 0 bridgehead atoms. The lowest BCUT2D eigenvalue weighted by Crippen LogP contribution is -2.50. The Bertz CT molecular complexity index is 920. The summed E-state index contributed by atoms with van der Waals surface area (Å²) in [5, 5.41) is 15.2. The Balaban J connectivity index is 2.49. The fraction of sp³-hybridized carbons (Fsp3) is 0.263. The lowest BCUT2D eigenvalue weighted by atomic mass is 9.91. The lowest BCUT2D eigenvalue weighted by Gasteiger charge is -2.30. The number of aliphatic hydroxyl groups is 1. The van der Waals surface area contributed by atoms with Crippen LogP contribution in [0.4, 0.5) is 29.3 Å². The first-order valence-corrected chi connectivity index (χ1v) is 8.35. The number of rotatable bonds is 6. The van der Waals surface area contributed by atoms with Crippen molar-refractivity contribution in [3.05, 3.63) is 48.0 Å². The summed E-state index contributed by atoms with van der Waals surface area (Å²) in [6.07, 6.45) is -5.43. The second kappa shape index (κ2) is 8.91. The van der Waals surface area contributed by atoms with E-state index in [-0.39, 0.29) is 11.4 Å². The number of ether oxygens (including phenoxy) is 3. The molecule has 0 aromatic heterocycles. The average Bonchev–Trinajstić information content (AvgIpc) is 2.71. The molecule has 0 heterocycles. The largest absolute Gasteiger partial charge is 0.496 e. The fourth-order valence-electron chi connectivity index (χ4n) is 2.61. The number of carbonyl (C=O) groups is 2. The van der Waals surface area contributed by atoms with Crippen molar-refractivity contribution in [3.8, 4) is 11.5 Å². The van der Waals surface area contributed by atoms with Crippen LogP contribution < -0.4 is 20.1 Å². The Kier molecular flexibility index (Phi) is 6.77. The van der Waals surface area contributed by atoms with Gasteiger partial charge < -0.3 is 30.0 Å². The van der Waals surface area contributed by atoms with Gasteiger partial charge in [-0.3, -0.25) is 0 Å². The van der Waals surface area contributed by atoms with E-state index in [1.165, 1.54) is 0 Å². The molecule has 2 aromatic carbocycles. The zero-order valence-electron chi connectivity index (χ0n) is 16.2. The van der Waals surface area contributed by atoms with Crippen molar-refractivity contribution in [1.82, 2.24) is 0 Å². The highest BCUT2D eigenvalue weighted by Crippen LogP contribution is 2.46. The van der Waals surface area contributed by atoms with E-state index in [1.807, 2.05) is 0 Å². The standard InChI is InChI=1S/C19H19F3N2O6/c1-28-14-10-13(24-17(26)23-11-7-5-4-6-8-11)15(29-2)9-12(14)18(27,16(25)30-3)19(20,21)22/h4-10,27H,1-3H3,(H2,23,24,26). The molecule has 3 N–H and O–H groups in total. The maximum absolute atomic E-state index is 13.6.